The number of aliphatic hydroxyl groups excluding tert-OH is 2. The van der Waals surface area contributed by atoms with E-state index in [-0.39, 0.29) is 18.6 Å². The summed E-state index contributed by atoms with van der Waals surface area (Å²) in [6.07, 6.45) is 0. The molecule has 17 heavy (non-hydrogen) atoms. The number of nitrogens with one attached hydrogen (secondary N) is 1. The van der Waals surface area contributed by atoms with Crippen molar-refractivity contribution in [3.63, 3.8) is 0 Å². The second-order valence-corrected chi connectivity index (χ2v) is 6.48. The molecular formula is C12H22N2O2S. The Labute approximate surface area is 107 Å². The third-order valence-electron chi connectivity index (χ3n) is 2.59. The van der Waals surface area contributed by atoms with Crippen LogP contribution in [0.2, 0.25) is 0 Å². The molecule has 0 amide bonds. The average Bonchev–Trinajstić information content (AvgIpc) is 2.74. The zero-order valence-electron chi connectivity index (χ0n) is 10.9. The van der Waals surface area contributed by atoms with Crippen LogP contribution < -0.4 is 5.32 Å². The lowest BCUT2D eigenvalue weighted by Crippen LogP contribution is -2.48. The molecule has 1 heterocycles. The van der Waals surface area contributed by atoms with Crippen molar-refractivity contribution in [1.29, 1.82) is 0 Å². The average molecular weight is 258 g/mol. The van der Waals surface area contributed by atoms with Crippen molar-refractivity contribution in [3.05, 3.63) is 16.1 Å². The molecule has 0 aliphatic carbocycles. The molecule has 3 N–H and O–H groups in total. The Morgan fingerprint density at radius 3 is 2.24 bits per heavy atom. The lowest BCUT2D eigenvalue weighted by molar-refractivity contribution is 0.103. The smallest absolute Gasteiger partial charge is 0.0982 e. The van der Waals surface area contributed by atoms with E-state index >= 15 is 0 Å². The summed E-state index contributed by atoms with van der Waals surface area (Å²) in [6.45, 7) is 8.55. The molecule has 0 spiro atoms. The molecule has 0 radical (unpaired) electrons. The topological polar surface area (TPSA) is 65.4 Å². The normalized spacial score (nSPS) is 13.1. The first-order chi connectivity index (χ1) is 7.80. The van der Waals surface area contributed by atoms with Crippen LogP contribution in [0.1, 0.15) is 38.4 Å². The van der Waals surface area contributed by atoms with Gasteiger partial charge in [0, 0.05) is 17.3 Å². The van der Waals surface area contributed by atoms with Gasteiger partial charge in [0.05, 0.1) is 29.5 Å². The predicted molar refractivity (Wildman–Crippen MR) is 70.2 cm³/mol. The minimum absolute atomic E-state index is 0.0696. The van der Waals surface area contributed by atoms with Gasteiger partial charge in [-0.25, -0.2) is 4.98 Å². The van der Waals surface area contributed by atoms with E-state index in [1.807, 2.05) is 5.38 Å². The highest BCUT2D eigenvalue weighted by molar-refractivity contribution is 7.09. The highest BCUT2D eigenvalue weighted by atomic mass is 32.1. The summed E-state index contributed by atoms with van der Waals surface area (Å²) in [6, 6.07) is 0. The number of rotatable bonds is 5. The number of hydrogen-bond donors (Lipinski definition) is 3. The highest BCUT2D eigenvalue weighted by Crippen LogP contribution is 2.25. The van der Waals surface area contributed by atoms with Crippen molar-refractivity contribution in [2.24, 2.45) is 0 Å². The van der Waals surface area contributed by atoms with Crippen molar-refractivity contribution in [1.82, 2.24) is 10.3 Å². The number of aromatic nitrogens is 1. The van der Waals surface area contributed by atoms with Gasteiger partial charge in [0.25, 0.3) is 0 Å². The minimum atomic E-state index is -0.647. The SMILES string of the molecule is CC(CO)(CO)NCc1csc(C(C)(C)C)n1. The van der Waals surface area contributed by atoms with Crippen molar-refractivity contribution in [2.45, 2.75) is 45.2 Å². The van der Waals surface area contributed by atoms with E-state index in [4.69, 9.17) is 10.2 Å². The van der Waals surface area contributed by atoms with Gasteiger partial charge in [0.2, 0.25) is 0 Å². The van der Waals surface area contributed by atoms with Crippen molar-refractivity contribution in [3.8, 4) is 0 Å². The van der Waals surface area contributed by atoms with E-state index in [1.54, 1.807) is 18.3 Å². The maximum atomic E-state index is 9.16. The molecule has 4 nitrogen and oxygen atoms in total. The van der Waals surface area contributed by atoms with Crippen molar-refractivity contribution >= 4 is 11.3 Å². The maximum Gasteiger partial charge on any atom is 0.0982 e. The lowest BCUT2D eigenvalue weighted by Gasteiger charge is -2.25. The van der Waals surface area contributed by atoms with Crippen LogP contribution in [0.4, 0.5) is 0 Å². The summed E-state index contributed by atoms with van der Waals surface area (Å²) in [7, 11) is 0. The third kappa shape index (κ3) is 4.03. The van der Waals surface area contributed by atoms with Gasteiger partial charge in [-0.15, -0.1) is 11.3 Å². The number of nitrogens with zero attached hydrogens (tertiary/aromatic N) is 1. The van der Waals surface area contributed by atoms with Crippen molar-refractivity contribution in [2.75, 3.05) is 13.2 Å². The molecule has 0 bridgehead atoms. The molecule has 1 rings (SSSR count). The fourth-order valence-corrected chi connectivity index (χ4v) is 2.11. The summed E-state index contributed by atoms with van der Waals surface area (Å²) >= 11 is 1.65. The van der Waals surface area contributed by atoms with Gasteiger partial charge < -0.3 is 15.5 Å². The molecule has 0 aromatic carbocycles. The molecule has 0 aliphatic heterocycles. The maximum absolute atomic E-state index is 9.16. The minimum Gasteiger partial charge on any atom is -0.394 e. The summed E-state index contributed by atoms with van der Waals surface area (Å²) < 4.78 is 0. The molecular weight excluding hydrogens is 236 g/mol. The standard InChI is InChI=1S/C12H22N2O2S/c1-11(2,3)10-14-9(6-17-10)5-13-12(4,7-15)8-16/h6,13,15-16H,5,7-8H2,1-4H3. The summed E-state index contributed by atoms with van der Waals surface area (Å²) in [5, 5.41) is 24.6. The monoisotopic (exact) mass is 258 g/mol. The Kier molecular flexibility index (Phi) is 4.66. The van der Waals surface area contributed by atoms with Crippen LogP contribution in [0.5, 0.6) is 0 Å². The van der Waals surface area contributed by atoms with E-state index < -0.39 is 5.54 Å². The first-order valence-corrected chi connectivity index (χ1v) is 6.60. The molecule has 1 aromatic heterocycles. The molecule has 5 heteroatoms. The molecule has 1 aromatic rings. The van der Waals surface area contributed by atoms with Gasteiger partial charge >= 0.3 is 0 Å². The first-order valence-electron chi connectivity index (χ1n) is 5.72. The lowest BCUT2D eigenvalue weighted by atomic mass is 9.98. The summed E-state index contributed by atoms with van der Waals surface area (Å²) in [5.74, 6) is 0. The zero-order chi connectivity index (χ0) is 13.1. The van der Waals surface area contributed by atoms with Crippen LogP contribution in [0, 0.1) is 0 Å². The van der Waals surface area contributed by atoms with Gasteiger partial charge in [-0.2, -0.15) is 0 Å². The Morgan fingerprint density at radius 1 is 1.24 bits per heavy atom. The summed E-state index contributed by atoms with van der Waals surface area (Å²) in [5.41, 5.74) is 0.374. The van der Waals surface area contributed by atoms with E-state index in [0.29, 0.717) is 6.54 Å². The van der Waals surface area contributed by atoms with Crippen molar-refractivity contribution < 1.29 is 10.2 Å². The Bertz CT molecular complexity index is 354. The number of aliphatic hydroxyl groups is 2. The number of thiazole rings is 1. The van der Waals surface area contributed by atoms with Gasteiger partial charge in [-0.05, 0) is 6.92 Å². The molecule has 0 unspecified atom stereocenters. The highest BCUT2D eigenvalue weighted by Gasteiger charge is 2.22. The Hall–Kier alpha value is -0.490. The molecule has 0 aliphatic rings. The first kappa shape index (κ1) is 14.6. The molecule has 98 valence electrons. The van der Waals surface area contributed by atoms with Crippen LogP contribution in [-0.2, 0) is 12.0 Å². The van der Waals surface area contributed by atoms with E-state index in [9.17, 15) is 0 Å². The van der Waals surface area contributed by atoms with Crippen LogP contribution in [0.25, 0.3) is 0 Å². The van der Waals surface area contributed by atoms with Crippen LogP contribution in [0.15, 0.2) is 5.38 Å². The third-order valence-corrected chi connectivity index (χ3v) is 3.90. The van der Waals surface area contributed by atoms with E-state index in [1.165, 1.54) is 0 Å². The van der Waals surface area contributed by atoms with Gasteiger partial charge in [0.15, 0.2) is 0 Å². The van der Waals surface area contributed by atoms with Crippen LogP contribution in [-0.4, -0.2) is 33.9 Å². The molecule has 0 saturated heterocycles. The Morgan fingerprint density at radius 2 is 1.82 bits per heavy atom. The Balaban J connectivity index is 2.62. The van der Waals surface area contributed by atoms with Gasteiger partial charge in [0.1, 0.15) is 0 Å². The van der Waals surface area contributed by atoms with E-state index in [2.05, 4.69) is 31.1 Å². The molecule has 0 atom stereocenters. The van der Waals surface area contributed by atoms with E-state index in [0.717, 1.165) is 10.7 Å². The van der Waals surface area contributed by atoms with Crippen LogP contribution >= 0.6 is 11.3 Å². The van der Waals surface area contributed by atoms with Gasteiger partial charge in [-0.1, -0.05) is 20.8 Å². The quantitative estimate of drug-likeness (QED) is 0.744. The second kappa shape index (κ2) is 5.44. The van der Waals surface area contributed by atoms with Crippen LogP contribution in [0.3, 0.4) is 0 Å². The zero-order valence-corrected chi connectivity index (χ0v) is 11.8. The number of hydrogen-bond acceptors (Lipinski definition) is 5. The fraction of sp³-hybridized carbons (Fsp3) is 0.750. The predicted octanol–water partition coefficient (Wildman–Crippen LogP) is 1.27. The van der Waals surface area contributed by atoms with Gasteiger partial charge in [-0.3, -0.25) is 0 Å². The molecule has 0 saturated carbocycles. The molecule has 0 fully saturated rings. The summed E-state index contributed by atoms with van der Waals surface area (Å²) in [4.78, 5) is 4.55. The fourth-order valence-electron chi connectivity index (χ4n) is 1.20. The second-order valence-electron chi connectivity index (χ2n) is 5.62. The largest absolute Gasteiger partial charge is 0.394 e.